The average Bonchev–Trinajstić information content (AvgIpc) is 3.51. The summed E-state index contributed by atoms with van der Waals surface area (Å²) in [6, 6.07) is -0.821. The summed E-state index contributed by atoms with van der Waals surface area (Å²) in [5, 5.41) is 50.2. The second kappa shape index (κ2) is 25.5. The SMILES string of the molecule is CC1=NC2[C@@H](O1)OC(CO)[C@@H](O[C@@H]1OC(COCCOCCOCCN=[N+]=[N-])[C@@H](O)[C@H](OCCOCCCOCCOCCN=[N+]=[N-])C1O)[C@@H]2O. The van der Waals surface area contributed by atoms with Gasteiger partial charge in [0.1, 0.15) is 48.8 Å². The molecule has 10 atom stereocenters. The molecule has 4 unspecified atom stereocenters. The first-order valence-electron chi connectivity index (χ1n) is 16.8. The van der Waals surface area contributed by atoms with Crippen LogP contribution in [0, 0.1) is 0 Å². The number of azide groups is 2. The van der Waals surface area contributed by atoms with E-state index >= 15 is 0 Å². The van der Waals surface area contributed by atoms with Crippen LogP contribution in [0.5, 0.6) is 0 Å². The molecule has 0 aromatic heterocycles. The molecule has 0 aromatic rings. The molecule has 0 amide bonds. The van der Waals surface area contributed by atoms with Crippen molar-refractivity contribution in [1.82, 2.24) is 0 Å². The van der Waals surface area contributed by atoms with E-state index in [4.69, 9.17) is 63.2 Å². The topological polar surface area (TPSA) is 292 Å². The van der Waals surface area contributed by atoms with E-state index in [-0.39, 0.29) is 52.7 Å². The molecule has 51 heavy (non-hydrogen) atoms. The van der Waals surface area contributed by atoms with Crippen molar-refractivity contribution in [2.45, 2.75) is 74.7 Å². The maximum absolute atomic E-state index is 11.2. The van der Waals surface area contributed by atoms with E-state index in [9.17, 15) is 20.4 Å². The minimum Gasteiger partial charge on any atom is -0.450 e. The fourth-order valence-corrected chi connectivity index (χ4v) is 5.24. The molecule has 22 nitrogen and oxygen atoms in total. The number of aliphatic imine (C=N–C) groups is 1. The molecule has 4 N–H and O–H groups in total. The predicted octanol–water partition coefficient (Wildman–Crippen LogP) is -0.791. The highest BCUT2D eigenvalue weighted by Crippen LogP contribution is 2.33. The molecule has 22 heteroatoms. The fraction of sp³-hybridized carbons (Fsp3) is 0.966. The average molecular weight is 738 g/mol. The Morgan fingerprint density at radius 2 is 1.25 bits per heavy atom. The number of hydrogen-bond acceptors (Lipinski definition) is 18. The Hall–Kier alpha value is -2.47. The first kappa shape index (κ1) is 42.9. The van der Waals surface area contributed by atoms with Gasteiger partial charge in [0.2, 0.25) is 6.29 Å². The first-order chi connectivity index (χ1) is 24.9. The molecule has 3 aliphatic rings. The van der Waals surface area contributed by atoms with Crippen LogP contribution < -0.4 is 0 Å². The number of aliphatic hydroxyl groups is 4. The lowest BCUT2D eigenvalue weighted by Crippen LogP contribution is -2.64. The highest BCUT2D eigenvalue weighted by atomic mass is 16.7. The number of hydrogen-bond donors (Lipinski definition) is 4. The summed E-state index contributed by atoms with van der Waals surface area (Å²) in [4.78, 5) is 9.54. The zero-order chi connectivity index (χ0) is 36.7. The molecule has 2 saturated heterocycles. The quantitative estimate of drug-likeness (QED) is 0.0331. The second-order valence-electron chi connectivity index (χ2n) is 11.3. The number of nitrogens with zero attached hydrogens (tertiary/aromatic N) is 7. The molecule has 0 spiro atoms. The van der Waals surface area contributed by atoms with Gasteiger partial charge in [-0.2, -0.15) is 0 Å². The standard InChI is InChI=1S/C29H51N7O15/c1-19-34-22-24(39)26(20(17-37)49-28(22)48-19)51-29-25(40)27(47-16-15-42-6-2-5-41-9-10-43-7-3-32-35-30)23(38)21(50-29)18-46-14-13-45-12-11-44-8-4-33-36-31/h20-29,37-40H,2-18H2,1H3/t20?,21?,22?,23-,24-,25?,26-,27+,28+,29+/m1/s1. The molecule has 292 valence electrons. The lowest BCUT2D eigenvalue weighted by atomic mass is 9.96. The first-order valence-corrected chi connectivity index (χ1v) is 16.8. The summed E-state index contributed by atoms with van der Waals surface area (Å²) in [6.07, 6.45) is -10.3. The third-order valence-electron chi connectivity index (χ3n) is 7.68. The Morgan fingerprint density at radius 1 is 0.686 bits per heavy atom. The summed E-state index contributed by atoms with van der Waals surface area (Å²) < 4.78 is 61.8. The van der Waals surface area contributed by atoms with Gasteiger partial charge in [-0.1, -0.05) is 10.2 Å². The molecular formula is C29H51N7O15. The van der Waals surface area contributed by atoms with Crippen LogP contribution in [0.3, 0.4) is 0 Å². The molecule has 0 radical (unpaired) electrons. The van der Waals surface area contributed by atoms with E-state index in [0.29, 0.717) is 58.6 Å². The van der Waals surface area contributed by atoms with E-state index in [1.54, 1.807) is 6.92 Å². The van der Waals surface area contributed by atoms with E-state index < -0.39 is 68.0 Å². The third-order valence-corrected chi connectivity index (χ3v) is 7.68. The minimum atomic E-state index is -1.52. The van der Waals surface area contributed by atoms with Gasteiger partial charge in [-0.25, -0.2) is 4.99 Å². The van der Waals surface area contributed by atoms with E-state index in [1.165, 1.54) is 0 Å². The van der Waals surface area contributed by atoms with Crippen molar-refractivity contribution in [3.63, 3.8) is 0 Å². The number of aliphatic hydroxyl groups excluding tert-OH is 4. The van der Waals surface area contributed by atoms with Gasteiger partial charge < -0.3 is 72.5 Å². The van der Waals surface area contributed by atoms with Gasteiger partial charge in [0.25, 0.3) is 0 Å². The van der Waals surface area contributed by atoms with Gasteiger partial charge in [0.15, 0.2) is 12.2 Å². The van der Waals surface area contributed by atoms with Crippen LogP contribution in [-0.2, 0) is 52.1 Å². The van der Waals surface area contributed by atoms with E-state index in [2.05, 4.69) is 25.0 Å². The van der Waals surface area contributed by atoms with Crippen LogP contribution in [0.2, 0.25) is 0 Å². The summed E-state index contributed by atoms with van der Waals surface area (Å²) in [7, 11) is 0. The largest absolute Gasteiger partial charge is 0.450 e. The molecule has 0 aromatic carbocycles. The molecule has 3 heterocycles. The van der Waals surface area contributed by atoms with Crippen LogP contribution in [0.4, 0.5) is 0 Å². The maximum Gasteiger partial charge on any atom is 0.227 e. The van der Waals surface area contributed by atoms with Gasteiger partial charge in [-0.3, -0.25) is 0 Å². The molecule has 0 bridgehead atoms. The Bertz CT molecular complexity index is 1090. The molecule has 3 rings (SSSR count). The Morgan fingerprint density at radius 3 is 1.86 bits per heavy atom. The monoisotopic (exact) mass is 737 g/mol. The fourth-order valence-electron chi connectivity index (χ4n) is 5.24. The Labute approximate surface area is 295 Å². The van der Waals surface area contributed by atoms with Crippen molar-refractivity contribution in [2.75, 3.05) is 106 Å². The van der Waals surface area contributed by atoms with Crippen LogP contribution in [0.15, 0.2) is 15.2 Å². The summed E-state index contributed by atoms with van der Waals surface area (Å²) in [6.45, 7) is 4.79. The molecule has 0 aliphatic carbocycles. The lowest BCUT2D eigenvalue weighted by Gasteiger charge is -2.46. The van der Waals surface area contributed by atoms with Crippen molar-refractivity contribution >= 4 is 5.90 Å². The second-order valence-corrected chi connectivity index (χ2v) is 11.3. The zero-order valence-electron chi connectivity index (χ0n) is 28.7. The predicted molar refractivity (Wildman–Crippen MR) is 173 cm³/mol. The summed E-state index contributed by atoms with van der Waals surface area (Å²) in [5.74, 6) is 0.311. The highest BCUT2D eigenvalue weighted by Gasteiger charge is 2.53. The van der Waals surface area contributed by atoms with Gasteiger partial charge in [0.05, 0.1) is 79.3 Å². The number of rotatable bonds is 28. The van der Waals surface area contributed by atoms with Gasteiger partial charge in [-0.05, 0) is 17.5 Å². The van der Waals surface area contributed by atoms with E-state index in [0.717, 1.165) is 0 Å². The van der Waals surface area contributed by atoms with Crippen molar-refractivity contribution in [3.8, 4) is 0 Å². The van der Waals surface area contributed by atoms with Crippen LogP contribution in [-0.4, -0.2) is 193 Å². The molecular weight excluding hydrogens is 686 g/mol. The van der Waals surface area contributed by atoms with Crippen LogP contribution in [0.1, 0.15) is 13.3 Å². The smallest absolute Gasteiger partial charge is 0.227 e. The van der Waals surface area contributed by atoms with Crippen molar-refractivity contribution < 1.29 is 72.5 Å². The lowest BCUT2D eigenvalue weighted by molar-refractivity contribution is -0.346. The summed E-state index contributed by atoms with van der Waals surface area (Å²) >= 11 is 0. The number of ether oxygens (including phenoxy) is 11. The Balaban J connectivity index is 1.46. The van der Waals surface area contributed by atoms with Crippen LogP contribution >= 0.6 is 0 Å². The van der Waals surface area contributed by atoms with Crippen LogP contribution in [0.25, 0.3) is 20.9 Å². The highest BCUT2D eigenvalue weighted by molar-refractivity contribution is 5.75. The van der Waals surface area contributed by atoms with Gasteiger partial charge in [0, 0.05) is 43.1 Å². The van der Waals surface area contributed by atoms with Gasteiger partial charge in [-0.15, -0.1) is 0 Å². The summed E-state index contributed by atoms with van der Waals surface area (Å²) in [5.41, 5.74) is 16.5. The minimum absolute atomic E-state index is 0.0151. The van der Waals surface area contributed by atoms with Crippen molar-refractivity contribution in [3.05, 3.63) is 20.9 Å². The van der Waals surface area contributed by atoms with Gasteiger partial charge >= 0.3 is 0 Å². The maximum atomic E-state index is 11.2. The van der Waals surface area contributed by atoms with Crippen molar-refractivity contribution in [1.29, 1.82) is 0 Å². The number of fused-ring (bicyclic) bond motifs is 1. The van der Waals surface area contributed by atoms with Crippen molar-refractivity contribution in [2.24, 2.45) is 15.2 Å². The van der Waals surface area contributed by atoms with E-state index in [1.807, 2.05) is 0 Å². The zero-order valence-corrected chi connectivity index (χ0v) is 28.7. The Kier molecular flexibility index (Phi) is 21.5. The third kappa shape index (κ3) is 15.2. The molecule has 2 fully saturated rings. The normalized spacial score (nSPS) is 30.2. The molecule has 3 aliphatic heterocycles. The molecule has 0 saturated carbocycles.